The van der Waals surface area contributed by atoms with Crippen LogP contribution in [0.5, 0.6) is 0 Å². The summed E-state index contributed by atoms with van der Waals surface area (Å²) in [4.78, 5) is 20.8. The molecule has 0 spiro atoms. The van der Waals surface area contributed by atoms with Gasteiger partial charge in [0, 0.05) is 69.7 Å². The summed E-state index contributed by atoms with van der Waals surface area (Å²) < 4.78 is 32.6. The largest absolute Gasteiger partial charge is 0.381 e. The second-order valence-corrected chi connectivity index (χ2v) is 11.1. The number of ether oxygens (including phenoxy) is 1. The van der Waals surface area contributed by atoms with Gasteiger partial charge < -0.3 is 19.4 Å². The van der Waals surface area contributed by atoms with Crippen molar-refractivity contribution in [1.29, 1.82) is 0 Å². The van der Waals surface area contributed by atoms with Gasteiger partial charge in [-0.1, -0.05) is 18.6 Å². The second-order valence-electron chi connectivity index (χ2n) is 11.1. The molecule has 188 valence electrons. The predicted molar refractivity (Wildman–Crippen MR) is 129 cm³/mol. The topological polar surface area (TPSA) is 36.0 Å². The third-order valence-electron chi connectivity index (χ3n) is 9.19. The summed E-state index contributed by atoms with van der Waals surface area (Å²) >= 11 is 0. The molecule has 2 aliphatic heterocycles. The van der Waals surface area contributed by atoms with Gasteiger partial charge in [0.25, 0.3) is 5.92 Å². The van der Waals surface area contributed by atoms with E-state index in [9.17, 15) is 13.6 Å². The lowest BCUT2D eigenvalue weighted by molar-refractivity contribution is -0.144. The highest BCUT2D eigenvalue weighted by Gasteiger charge is 2.57. The van der Waals surface area contributed by atoms with E-state index in [0.717, 1.165) is 71.0 Å². The third-order valence-corrected chi connectivity index (χ3v) is 9.19. The summed E-state index contributed by atoms with van der Waals surface area (Å²) in [5.74, 6) is -1.94. The van der Waals surface area contributed by atoms with Crippen molar-refractivity contribution in [3.8, 4) is 0 Å². The van der Waals surface area contributed by atoms with Gasteiger partial charge in [-0.3, -0.25) is 4.79 Å². The van der Waals surface area contributed by atoms with E-state index >= 15 is 0 Å². The summed E-state index contributed by atoms with van der Waals surface area (Å²) in [5.41, 5.74) is 0.814. The number of rotatable bonds is 5. The maximum Gasteiger partial charge on any atom is 0.270 e. The van der Waals surface area contributed by atoms with Crippen LogP contribution in [0.1, 0.15) is 57.4 Å². The van der Waals surface area contributed by atoms with Crippen LogP contribution >= 0.6 is 0 Å². The minimum absolute atomic E-state index is 0.0398. The number of amides is 1. The number of piperazine rings is 1. The number of nitrogens with zero attached hydrogens (tertiary/aromatic N) is 3. The molecule has 5 nitrogen and oxygen atoms in total. The summed E-state index contributed by atoms with van der Waals surface area (Å²) in [5, 5.41) is 0. The molecule has 1 amide bonds. The Morgan fingerprint density at radius 3 is 2.38 bits per heavy atom. The van der Waals surface area contributed by atoms with Gasteiger partial charge in [0.1, 0.15) is 0 Å². The molecule has 7 heteroatoms. The van der Waals surface area contributed by atoms with Crippen molar-refractivity contribution in [2.24, 2.45) is 11.3 Å². The fourth-order valence-corrected chi connectivity index (χ4v) is 7.11. The third kappa shape index (κ3) is 4.46. The maximum atomic E-state index is 13.9. The lowest BCUT2D eigenvalue weighted by Gasteiger charge is -2.41. The van der Waals surface area contributed by atoms with E-state index < -0.39 is 5.92 Å². The van der Waals surface area contributed by atoms with Crippen LogP contribution in [0, 0.1) is 11.3 Å². The van der Waals surface area contributed by atoms with Crippen LogP contribution in [0.15, 0.2) is 24.3 Å². The average Bonchev–Trinajstić information content (AvgIpc) is 3.42. The smallest absolute Gasteiger partial charge is 0.270 e. The number of alkyl halides is 2. The van der Waals surface area contributed by atoms with Crippen LogP contribution in [0.4, 0.5) is 14.5 Å². The normalized spacial score (nSPS) is 30.7. The molecule has 2 aliphatic carbocycles. The molecule has 3 unspecified atom stereocenters. The monoisotopic (exact) mass is 475 g/mol. The van der Waals surface area contributed by atoms with Gasteiger partial charge in [0.2, 0.25) is 5.91 Å². The number of hydrogen-bond acceptors (Lipinski definition) is 4. The average molecular weight is 476 g/mol. The minimum atomic E-state index is -2.82. The van der Waals surface area contributed by atoms with Crippen molar-refractivity contribution in [3.63, 3.8) is 0 Å². The number of anilines is 1. The number of hydrogen-bond donors (Lipinski definition) is 0. The first-order chi connectivity index (χ1) is 16.3. The quantitative estimate of drug-likeness (QED) is 0.628. The molecule has 3 atom stereocenters. The molecule has 1 aromatic carbocycles. The van der Waals surface area contributed by atoms with Crippen LogP contribution in [-0.2, 0) is 15.5 Å². The maximum absolute atomic E-state index is 13.9. The van der Waals surface area contributed by atoms with Crippen molar-refractivity contribution < 1.29 is 18.3 Å². The van der Waals surface area contributed by atoms with Crippen molar-refractivity contribution in [3.05, 3.63) is 29.8 Å². The fourth-order valence-electron chi connectivity index (χ4n) is 7.11. The van der Waals surface area contributed by atoms with Gasteiger partial charge in [-0.2, -0.15) is 0 Å². The van der Waals surface area contributed by atoms with Crippen molar-refractivity contribution in [2.45, 2.75) is 69.9 Å². The Balaban J connectivity index is 1.21. The predicted octanol–water partition coefficient (Wildman–Crippen LogP) is 4.51. The molecule has 0 radical (unpaired) electrons. The van der Waals surface area contributed by atoms with Crippen molar-refractivity contribution >= 4 is 11.6 Å². The molecular weight excluding hydrogens is 436 g/mol. The van der Waals surface area contributed by atoms with Gasteiger partial charge in [0.05, 0.1) is 5.41 Å². The molecule has 2 saturated carbocycles. The number of fused-ring (bicyclic) bond motifs is 1. The van der Waals surface area contributed by atoms with E-state index in [2.05, 4.69) is 21.7 Å². The zero-order valence-electron chi connectivity index (χ0n) is 20.6. The molecule has 2 saturated heterocycles. The van der Waals surface area contributed by atoms with Crippen LogP contribution in [0.3, 0.4) is 0 Å². The Morgan fingerprint density at radius 2 is 1.74 bits per heavy atom. The standard InChI is InChI=1S/C27H39F2N3O2/c1-26(28,29)20-5-7-23(8-6-20)31-12-14-32(15-13-31)25(33)27-11-3-4-21(27)18-24(19-27)30(2)22-9-16-34-17-10-22/h5-8,21-22,24H,3-4,9-19H2,1-2H3. The molecule has 1 aromatic rings. The van der Waals surface area contributed by atoms with Crippen molar-refractivity contribution in [1.82, 2.24) is 9.80 Å². The number of carbonyl (C=O) groups excluding carboxylic acids is 1. The summed E-state index contributed by atoms with van der Waals surface area (Å²) in [6.07, 6.45) is 7.71. The Labute approximate surface area is 202 Å². The molecule has 34 heavy (non-hydrogen) atoms. The van der Waals surface area contributed by atoms with E-state index in [0.29, 0.717) is 37.0 Å². The van der Waals surface area contributed by atoms with Crippen LogP contribution < -0.4 is 4.90 Å². The number of halogens is 2. The van der Waals surface area contributed by atoms with Crippen molar-refractivity contribution in [2.75, 3.05) is 51.3 Å². The fraction of sp³-hybridized carbons (Fsp3) is 0.741. The lowest BCUT2D eigenvalue weighted by atomic mass is 9.78. The summed E-state index contributed by atoms with van der Waals surface area (Å²) in [6, 6.07) is 7.67. The summed E-state index contributed by atoms with van der Waals surface area (Å²) in [6.45, 7) is 5.54. The Kier molecular flexibility index (Phi) is 6.62. The molecular formula is C27H39F2N3O2. The summed E-state index contributed by atoms with van der Waals surface area (Å²) in [7, 11) is 2.26. The van der Waals surface area contributed by atoms with E-state index in [1.165, 1.54) is 25.0 Å². The Bertz CT molecular complexity index is 860. The van der Waals surface area contributed by atoms with Gasteiger partial charge in [-0.25, -0.2) is 8.78 Å². The molecule has 4 aliphatic rings. The molecule has 2 heterocycles. The second kappa shape index (κ2) is 9.38. The first-order valence-electron chi connectivity index (χ1n) is 13.1. The Hall–Kier alpha value is -1.73. The van der Waals surface area contributed by atoms with Gasteiger partial charge in [-0.05, 0) is 63.6 Å². The molecule has 0 bridgehead atoms. The van der Waals surface area contributed by atoms with Crippen LogP contribution in [-0.4, -0.2) is 74.2 Å². The lowest BCUT2D eigenvalue weighted by Crippen LogP contribution is -2.53. The SMILES string of the molecule is CN(C1CCOCC1)C1CC2CCCC2(C(=O)N2CCN(c3ccc(C(C)(F)F)cc3)CC2)C1. The van der Waals surface area contributed by atoms with Crippen LogP contribution in [0.25, 0.3) is 0 Å². The van der Waals surface area contributed by atoms with Gasteiger partial charge >= 0.3 is 0 Å². The van der Waals surface area contributed by atoms with Crippen LogP contribution in [0.2, 0.25) is 0 Å². The van der Waals surface area contributed by atoms with Gasteiger partial charge in [0.15, 0.2) is 0 Å². The minimum Gasteiger partial charge on any atom is -0.381 e. The van der Waals surface area contributed by atoms with E-state index in [1.54, 1.807) is 12.1 Å². The van der Waals surface area contributed by atoms with E-state index in [-0.39, 0.29) is 11.0 Å². The zero-order valence-corrected chi connectivity index (χ0v) is 20.6. The molecule has 4 fully saturated rings. The number of carbonyl (C=O) groups is 1. The van der Waals surface area contributed by atoms with Gasteiger partial charge in [-0.15, -0.1) is 0 Å². The molecule has 5 rings (SSSR count). The number of benzene rings is 1. The van der Waals surface area contributed by atoms with E-state index in [1.807, 2.05) is 0 Å². The first-order valence-corrected chi connectivity index (χ1v) is 13.1. The molecule has 0 N–H and O–H groups in total. The highest BCUT2D eigenvalue weighted by atomic mass is 19.3. The zero-order chi connectivity index (χ0) is 23.9. The highest BCUT2D eigenvalue weighted by molar-refractivity contribution is 5.84. The first kappa shape index (κ1) is 24.0. The highest BCUT2D eigenvalue weighted by Crippen LogP contribution is 2.56. The Morgan fingerprint density at radius 1 is 1.06 bits per heavy atom. The molecule has 0 aromatic heterocycles. The van der Waals surface area contributed by atoms with E-state index in [4.69, 9.17) is 4.74 Å².